The number of hydroxylamine groups is 1. The molecule has 134 valence electrons. The molecule has 0 saturated heterocycles. The van der Waals surface area contributed by atoms with Gasteiger partial charge in [-0.15, -0.1) is 0 Å². The molecule has 0 unspecified atom stereocenters. The summed E-state index contributed by atoms with van der Waals surface area (Å²) in [5, 5.41) is 0.944. The van der Waals surface area contributed by atoms with Gasteiger partial charge in [0.2, 0.25) is 0 Å². The lowest BCUT2D eigenvalue weighted by Gasteiger charge is -2.09. The second-order valence-corrected chi connectivity index (χ2v) is 5.75. The molecule has 3 rings (SSSR count). The molecule has 26 heavy (non-hydrogen) atoms. The van der Waals surface area contributed by atoms with E-state index in [0.29, 0.717) is 13.0 Å². The van der Waals surface area contributed by atoms with Crippen LogP contribution in [0.4, 0.5) is 4.79 Å². The Morgan fingerprint density at radius 1 is 1.15 bits per heavy atom. The molecule has 0 bridgehead atoms. The molecule has 0 aliphatic carbocycles. The number of nitrogens with zero attached hydrogens (tertiary/aromatic N) is 1. The molecule has 0 aliphatic heterocycles. The van der Waals surface area contributed by atoms with Gasteiger partial charge in [0.05, 0.1) is 19.2 Å². The fraction of sp³-hybridized carbons (Fsp3) is 0.190. The predicted molar refractivity (Wildman–Crippen MR) is 103 cm³/mol. The number of allylic oxidation sites excluding steroid dienone is 1. The summed E-state index contributed by atoms with van der Waals surface area (Å²) in [5.74, 6) is 0.756. The van der Waals surface area contributed by atoms with Gasteiger partial charge in [0.1, 0.15) is 5.75 Å². The van der Waals surface area contributed by atoms with Gasteiger partial charge in [0, 0.05) is 17.5 Å². The van der Waals surface area contributed by atoms with Crippen molar-refractivity contribution in [1.82, 2.24) is 10.0 Å². The average molecular weight is 350 g/mol. The Morgan fingerprint density at radius 2 is 1.96 bits per heavy atom. The zero-order valence-corrected chi connectivity index (χ0v) is 14.9. The van der Waals surface area contributed by atoms with E-state index in [0.717, 1.165) is 27.9 Å². The molecule has 0 saturated carbocycles. The van der Waals surface area contributed by atoms with Gasteiger partial charge in [0.15, 0.2) is 0 Å². The molecule has 0 radical (unpaired) electrons. The van der Waals surface area contributed by atoms with Gasteiger partial charge >= 0.3 is 6.03 Å². The molecular formula is C21H22N2O3. The van der Waals surface area contributed by atoms with Crippen LogP contribution in [0.5, 0.6) is 5.75 Å². The minimum absolute atomic E-state index is 0.310. The Kier molecular flexibility index (Phi) is 5.71. The second kappa shape index (κ2) is 8.36. The van der Waals surface area contributed by atoms with E-state index in [1.54, 1.807) is 11.7 Å². The first-order chi connectivity index (χ1) is 12.7. The smallest absolute Gasteiger partial charge is 0.350 e. The van der Waals surface area contributed by atoms with Crippen molar-refractivity contribution < 1.29 is 14.4 Å². The van der Waals surface area contributed by atoms with E-state index in [4.69, 9.17) is 9.57 Å². The number of hydrogen-bond acceptors (Lipinski definition) is 3. The van der Waals surface area contributed by atoms with Gasteiger partial charge in [-0.25, -0.2) is 10.3 Å². The van der Waals surface area contributed by atoms with Crippen molar-refractivity contribution in [3.63, 3.8) is 0 Å². The van der Waals surface area contributed by atoms with Crippen LogP contribution in [0.1, 0.15) is 18.2 Å². The third-order valence-corrected chi connectivity index (χ3v) is 4.03. The Balaban J connectivity index is 1.93. The third-order valence-electron chi connectivity index (χ3n) is 4.03. The Bertz CT molecular complexity index is 914. The molecule has 0 aliphatic rings. The van der Waals surface area contributed by atoms with Gasteiger partial charge in [-0.05, 0) is 36.8 Å². The van der Waals surface area contributed by atoms with Crippen LogP contribution in [0, 0.1) is 0 Å². The quantitative estimate of drug-likeness (QED) is 0.670. The number of methoxy groups -OCH3 is 1. The Hall–Kier alpha value is -3.05. The fourth-order valence-corrected chi connectivity index (χ4v) is 2.83. The summed E-state index contributed by atoms with van der Waals surface area (Å²) in [5.41, 5.74) is 5.28. The summed E-state index contributed by atoms with van der Waals surface area (Å²) in [6.45, 7) is 2.23. The molecular weight excluding hydrogens is 328 g/mol. The number of nitrogens with one attached hydrogen (secondary N) is 1. The Labute approximate surface area is 152 Å². The van der Waals surface area contributed by atoms with E-state index in [1.807, 2.05) is 73.7 Å². The fourth-order valence-electron chi connectivity index (χ4n) is 2.83. The lowest BCUT2D eigenvalue weighted by molar-refractivity contribution is 0.0714. The van der Waals surface area contributed by atoms with Crippen LogP contribution in [0.25, 0.3) is 17.0 Å². The van der Waals surface area contributed by atoms with Crippen molar-refractivity contribution in [2.75, 3.05) is 13.7 Å². The molecule has 1 aromatic heterocycles. The van der Waals surface area contributed by atoms with Gasteiger partial charge in [0.25, 0.3) is 0 Å². The van der Waals surface area contributed by atoms with Crippen molar-refractivity contribution in [3.05, 3.63) is 71.9 Å². The largest absolute Gasteiger partial charge is 0.497 e. The van der Waals surface area contributed by atoms with E-state index < -0.39 is 0 Å². The molecule has 1 heterocycles. The monoisotopic (exact) mass is 350 g/mol. The molecule has 0 spiro atoms. The summed E-state index contributed by atoms with van der Waals surface area (Å²) in [6, 6.07) is 17.4. The maximum Gasteiger partial charge on any atom is 0.350 e. The maximum absolute atomic E-state index is 12.6. The first-order valence-electron chi connectivity index (χ1n) is 8.55. The number of aromatic nitrogens is 1. The zero-order valence-electron chi connectivity index (χ0n) is 14.9. The van der Waals surface area contributed by atoms with Gasteiger partial charge in [-0.3, -0.25) is 9.40 Å². The van der Waals surface area contributed by atoms with Crippen molar-refractivity contribution >= 4 is 23.0 Å². The van der Waals surface area contributed by atoms with Crippen LogP contribution < -0.4 is 10.2 Å². The van der Waals surface area contributed by atoms with Crippen molar-refractivity contribution in [1.29, 1.82) is 0 Å². The molecule has 5 heteroatoms. The number of carbonyl (C=O) groups is 1. The minimum atomic E-state index is -0.310. The number of amides is 1. The minimum Gasteiger partial charge on any atom is -0.497 e. The number of hydrogen-bond donors (Lipinski definition) is 1. The first kappa shape index (κ1) is 17.8. The molecule has 1 amide bonds. The lowest BCUT2D eigenvalue weighted by Crippen LogP contribution is -2.29. The van der Waals surface area contributed by atoms with E-state index in [2.05, 4.69) is 5.48 Å². The molecule has 5 nitrogen and oxygen atoms in total. The van der Waals surface area contributed by atoms with E-state index >= 15 is 0 Å². The van der Waals surface area contributed by atoms with Crippen LogP contribution >= 0.6 is 0 Å². The number of benzene rings is 2. The summed E-state index contributed by atoms with van der Waals surface area (Å²) >= 11 is 0. The lowest BCUT2D eigenvalue weighted by atomic mass is 10.2. The molecule has 1 N–H and O–H groups in total. The van der Waals surface area contributed by atoms with Crippen LogP contribution in [-0.2, 0) is 11.3 Å². The van der Waals surface area contributed by atoms with Gasteiger partial charge in [-0.1, -0.05) is 42.5 Å². The maximum atomic E-state index is 12.6. The summed E-state index contributed by atoms with van der Waals surface area (Å²) in [4.78, 5) is 17.6. The molecule has 3 aromatic rings. The van der Waals surface area contributed by atoms with E-state index in [1.165, 1.54) is 0 Å². The Morgan fingerprint density at radius 3 is 2.69 bits per heavy atom. The highest BCUT2D eigenvalue weighted by molar-refractivity contribution is 5.93. The SMILES string of the molecule is CCONC(=O)n1c(C/C=C/c2ccccc2)cc2cc(OC)ccc21. The topological polar surface area (TPSA) is 52.5 Å². The van der Waals surface area contributed by atoms with Crippen molar-refractivity contribution in [2.45, 2.75) is 13.3 Å². The first-order valence-corrected chi connectivity index (χ1v) is 8.55. The van der Waals surface area contributed by atoms with E-state index in [-0.39, 0.29) is 6.03 Å². The molecule has 2 aromatic carbocycles. The van der Waals surface area contributed by atoms with Crippen LogP contribution in [0.2, 0.25) is 0 Å². The van der Waals surface area contributed by atoms with Gasteiger partial charge in [-0.2, -0.15) is 0 Å². The summed E-state index contributed by atoms with van der Waals surface area (Å²) in [6.07, 6.45) is 4.71. The number of ether oxygens (including phenoxy) is 1. The zero-order chi connectivity index (χ0) is 18.4. The van der Waals surface area contributed by atoms with Crippen LogP contribution in [0.3, 0.4) is 0 Å². The molecule has 0 atom stereocenters. The van der Waals surface area contributed by atoms with Crippen molar-refractivity contribution in [2.24, 2.45) is 0 Å². The van der Waals surface area contributed by atoms with Crippen LogP contribution in [0.15, 0.2) is 60.7 Å². The normalized spacial score (nSPS) is 11.2. The number of rotatable bonds is 6. The number of fused-ring (bicyclic) bond motifs is 1. The highest BCUT2D eigenvalue weighted by Crippen LogP contribution is 2.25. The highest BCUT2D eigenvalue weighted by Gasteiger charge is 2.15. The third kappa shape index (κ3) is 3.95. The van der Waals surface area contributed by atoms with Crippen LogP contribution in [-0.4, -0.2) is 24.3 Å². The summed E-state index contributed by atoms with van der Waals surface area (Å²) < 4.78 is 6.93. The highest BCUT2D eigenvalue weighted by atomic mass is 16.7. The van der Waals surface area contributed by atoms with Crippen molar-refractivity contribution in [3.8, 4) is 5.75 Å². The average Bonchev–Trinajstić information content (AvgIpc) is 3.04. The van der Waals surface area contributed by atoms with E-state index in [9.17, 15) is 4.79 Å². The molecule has 0 fully saturated rings. The standard InChI is InChI=1S/C21H22N2O3/c1-3-26-22-21(24)23-18(11-7-10-16-8-5-4-6-9-16)14-17-15-19(25-2)12-13-20(17)23/h4-10,12-15H,3,11H2,1-2H3,(H,22,24)/b10-7+. The second-order valence-electron chi connectivity index (χ2n) is 5.75. The summed E-state index contributed by atoms with van der Waals surface area (Å²) in [7, 11) is 1.63. The predicted octanol–water partition coefficient (Wildman–Crippen LogP) is 4.42. The number of carbonyl (C=O) groups excluding carboxylic acids is 1. The van der Waals surface area contributed by atoms with Gasteiger partial charge < -0.3 is 4.74 Å².